The van der Waals surface area contributed by atoms with Gasteiger partial charge in [-0.05, 0) is 54.4 Å². The van der Waals surface area contributed by atoms with E-state index in [9.17, 15) is 14.9 Å². The number of anilines is 2. The molecule has 27 heavy (non-hydrogen) atoms. The number of carbonyl (C=O) groups is 1. The number of fused-ring (bicyclic) bond motifs is 1. The molecule has 0 bridgehead atoms. The number of rotatable bonds is 3. The van der Waals surface area contributed by atoms with E-state index in [0.717, 1.165) is 22.5 Å². The molecular formula is C21H17N3O3. The summed E-state index contributed by atoms with van der Waals surface area (Å²) in [5.74, 6) is -0.113. The Morgan fingerprint density at radius 2 is 1.74 bits per heavy atom. The van der Waals surface area contributed by atoms with Crippen LogP contribution in [0.5, 0.6) is 0 Å². The van der Waals surface area contributed by atoms with Crippen LogP contribution in [0, 0.1) is 17.0 Å². The SMILES string of the molecule is Cc1cccc(N2C(=O)c3ccccc3N[C@@H]2c2ccc([N+](=O)[O-])cc2)c1. The Labute approximate surface area is 156 Å². The van der Waals surface area contributed by atoms with E-state index in [4.69, 9.17) is 0 Å². The van der Waals surface area contributed by atoms with Crippen LogP contribution < -0.4 is 10.2 Å². The number of hydrogen-bond donors (Lipinski definition) is 1. The van der Waals surface area contributed by atoms with Gasteiger partial charge < -0.3 is 5.32 Å². The van der Waals surface area contributed by atoms with Crippen molar-refractivity contribution in [1.29, 1.82) is 0 Å². The first kappa shape index (κ1) is 16.8. The molecule has 3 aromatic carbocycles. The van der Waals surface area contributed by atoms with Crippen LogP contribution in [0.1, 0.15) is 27.7 Å². The quantitative estimate of drug-likeness (QED) is 0.544. The Morgan fingerprint density at radius 1 is 1.00 bits per heavy atom. The van der Waals surface area contributed by atoms with Gasteiger partial charge in [-0.2, -0.15) is 0 Å². The molecule has 0 aliphatic carbocycles. The molecule has 0 spiro atoms. The number of nitrogens with zero attached hydrogens (tertiary/aromatic N) is 2. The largest absolute Gasteiger partial charge is 0.360 e. The first-order valence-electron chi connectivity index (χ1n) is 8.55. The zero-order chi connectivity index (χ0) is 19.0. The van der Waals surface area contributed by atoms with Gasteiger partial charge in [-0.15, -0.1) is 0 Å². The lowest BCUT2D eigenvalue weighted by Crippen LogP contribution is -2.43. The highest BCUT2D eigenvalue weighted by molar-refractivity contribution is 6.12. The summed E-state index contributed by atoms with van der Waals surface area (Å²) in [6.45, 7) is 1.97. The van der Waals surface area contributed by atoms with Gasteiger partial charge in [0, 0.05) is 23.5 Å². The first-order chi connectivity index (χ1) is 13.0. The third-order valence-corrected chi connectivity index (χ3v) is 4.63. The van der Waals surface area contributed by atoms with E-state index in [1.165, 1.54) is 12.1 Å². The van der Waals surface area contributed by atoms with Crippen molar-refractivity contribution in [3.05, 3.63) is 99.6 Å². The summed E-state index contributed by atoms with van der Waals surface area (Å²) >= 11 is 0. The van der Waals surface area contributed by atoms with Crippen LogP contribution in [0.4, 0.5) is 17.1 Å². The molecule has 0 saturated carbocycles. The normalized spacial score (nSPS) is 15.8. The summed E-state index contributed by atoms with van der Waals surface area (Å²) < 4.78 is 0. The number of carbonyl (C=O) groups excluding carboxylic acids is 1. The van der Waals surface area contributed by atoms with Crippen LogP contribution in [0.25, 0.3) is 0 Å². The number of hydrogen-bond acceptors (Lipinski definition) is 4. The van der Waals surface area contributed by atoms with Gasteiger partial charge in [0.1, 0.15) is 6.17 Å². The van der Waals surface area contributed by atoms with Crippen molar-refractivity contribution >= 4 is 23.0 Å². The van der Waals surface area contributed by atoms with Crippen molar-refractivity contribution in [2.75, 3.05) is 10.2 Å². The number of amides is 1. The molecule has 0 fully saturated rings. The van der Waals surface area contributed by atoms with E-state index < -0.39 is 11.1 Å². The van der Waals surface area contributed by atoms with E-state index in [1.54, 1.807) is 23.1 Å². The molecule has 0 saturated heterocycles. The fourth-order valence-electron chi connectivity index (χ4n) is 3.31. The van der Waals surface area contributed by atoms with Gasteiger partial charge in [0.25, 0.3) is 11.6 Å². The van der Waals surface area contributed by atoms with Gasteiger partial charge in [-0.1, -0.05) is 24.3 Å². The van der Waals surface area contributed by atoms with Gasteiger partial charge in [0.05, 0.1) is 10.5 Å². The molecule has 1 aliphatic heterocycles. The van der Waals surface area contributed by atoms with Crippen LogP contribution in [0.3, 0.4) is 0 Å². The second kappa shape index (κ2) is 6.57. The molecule has 1 aliphatic rings. The summed E-state index contributed by atoms with van der Waals surface area (Å²) in [5.41, 5.74) is 3.94. The zero-order valence-corrected chi connectivity index (χ0v) is 14.6. The van der Waals surface area contributed by atoms with Gasteiger partial charge in [0.2, 0.25) is 0 Å². The van der Waals surface area contributed by atoms with Crippen molar-refractivity contribution in [3.8, 4) is 0 Å². The molecular weight excluding hydrogens is 342 g/mol. The number of aryl methyl sites for hydroxylation is 1. The predicted octanol–water partition coefficient (Wildman–Crippen LogP) is 4.67. The van der Waals surface area contributed by atoms with Crippen LogP contribution in [-0.2, 0) is 0 Å². The van der Waals surface area contributed by atoms with Crippen LogP contribution in [0.15, 0.2) is 72.8 Å². The van der Waals surface area contributed by atoms with E-state index in [1.807, 2.05) is 49.4 Å². The van der Waals surface area contributed by atoms with E-state index >= 15 is 0 Å². The highest BCUT2D eigenvalue weighted by atomic mass is 16.6. The van der Waals surface area contributed by atoms with Gasteiger partial charge in [-0.25, -0.2) is 0 Å². The lowest BCUT2D eigenvalue weighted by atomic mass is 10.0. The maximum absolute atomic E-state index is 13.3. The number of benzene rings is 3. The van der Waals surface area contributed by atoms with Crippen LogP contribution >= 0.6 is 0 Å². The average molecular weight is 359 g/mol. The molecule has 1 atom stereocenters. The fraction of sp³-hybridized carbons (Fsp3) is 0.0952. The topological polar surface area (TPSA) is 75.5 Å². The molecule has 1 N–H and O–H groups in total. The standard InChI is InChI=1S/C21H17N3O3/c1-14-5-4-6-17(13-14)23-20(15-9-11-16(12-10-15)24(26)27)22-19-8-3-2-7-18(19)21(23)25/h2-13,20,22H,1H3/t20-/m0/s1. The van der Waals surface area contributed by atoms with Crippen molar-refractivity contribution in [3.63, 3.8) is 0 Å². The lowest BCUT2D eigenvalue weighted by Gasteiger charge is -2.38. The molecule has 6 nitrogen and oxygen atoms in total. The second-order valence-corrected chi connectivity index (χ2v) is 6.46. The zero-order valence-electron chi connectivity index (χ0n) is 14.6. The number of nitro groups is 1. The minimum atomic E-state index is -0.463. The van der Waals surface area contributed by atoms with Crippen LogP contribution in [-0.4, -0.2) is 10.8 Å². The second-order valence-electron chi connectivity index (χ2n) is 6.46. The summed E-state index contributed by atoms with van der Waals surface area (Å²) in [6.07, 6.45) is -0.463. The molecule has 6 heteroatoms. The molecule has 0 unspecified atom stereocenters. The maximum Gasteiger partial charge on any atom is 0.269 e. The van der Waals surface area contributed by atoms with Gasteiger partial charge in [-0.3, -0.25) is 19.8 Å². The summed E-state index contributed by atoms with van der Waals surface area (Å²) in [6, 6.07) is 21.3. The molecule has 0 radical (unpaired) electrons. The molecule has 1 heterocycles. The summed E-state index contributed by atoms with van der Waals surface area (Å²) in [7, 11) is 0. The van der Waals surface area contributed by atoms with Gasteiger partial charge >= 0.3 is 0 Å². The fourth-order valence-corrected chi connectivity index (χ4v) is 3.31. The molecule has 1 amide bonds. The smallest absolute Gasteiger partial charge is 0.269 e. The molecule has 4 rings (SSSR count). The summed E-state index contributed by atoms with van der Waals surface area (Å²) in [4.78, 5) is 25.5. The van der Waals surface area contributed by atoms with Gasteiger partial charge in [0.15, 0.2) is 0 Å². The third-order valence-electron chi connectivity index (χ3n) is 4.63. The molecule has 0 aromatic heterocycles. The number of nitrogens with one attached hydrogen (secondary N) is 1. The Hall–Kier alpha value is -3.67. The Morgan fingerprint density at radius 3 is 2.44 bits per heavy atom. The minimum absolute atomic E-state index is 0.0170. The highest BCUT2D eigenvalue weighted by Gasteiger charge is 2.34. The first-order valence-corrected chi connectivity index (χ1v) is 8.55. The number of non-ortho nitro benzene ring substituents is 1. The van der Waals surface area contributed by atoms with E-state index in [2.05, 4.69) is 5.32 Å². The average Bonchev–Trinajstić information content (AvgIpc) is 2.68. The Bertz CT molecular complexity index is 1030. The lowest BCUT2D eigenvalue weighted by molar-refractivity contribution is -0.384. The maximum atomic E-state index is 13.3. The Kier molecular flexibility index (Phi) is 4.08. The highest BCUT2D eigenvalue weighted by Crippen LogP contribution is 2.37. The monoisotopic (exact) mass is 359 g/mol. The third kappa shape index (κ3) is 3.01. The number of nitro benzene ring substituents is 1. The molecule has 3 aromatic rings. The van der Waals surface area contributed by atoms with Crippen molar-refractivity contribution in [2.24, 2.45) is 0 Å². The summed E-state index contributed by atoms with van der Waals surface area (Å²) in [5, 5.41) is 14.3. The van der Waals surface area contributed by atoms with E-state index in [-0.39, 0.29) is 11.6 Å². The minimum Gasteiger partial charge on any atom is -0.360 e. The van der Waals surface area contributed by atoms with E-state index in [0.29, 0.717) is 5.56 Å². The van der Waals surface area contributed by atoms with Crippen molar-refractivity contribution in [2.45, 2.75) is 13.1 Å². The Balaban J connectivity index is 1.83. The van der Waals surface area contributed by atoms with Crippen LogP contribution in [0.2, 0.25) is 0 Å². The van der Waals surface area contributed by atoms with Crippen molar-refractivity contribution in [1.82, 2.24) is 0 Å². The van der Waals surface area contributed by atoms with Crippen molar-refractivity contribution < 1.29 is 9.72 Å². The molecule has 134 valence electrons. The predicted molar refractivity (Wildman–Crippen MR) is 104 cm³/mol. The number of para-hydroxylation sites is 1.